The van der Waals surface area contributed by atoms with E-state index >= 15 is 0 Å². The molecule has 3 aromatic rings. The predicted molar refractivity (Wildman–Crippen MR) is 134 cm³/mol. The molecule has 35 heavy (non-hydrogen) atoms. The maximum Gasteiger partial charge on any atom is 0.411 e. The van der Waals surface area contributed by atoms with E-state index in [0.29, 0.717) is 12.1 Å². The minimum Gasteiger partial charge on any atom is -0.445 e. The van der Waals surface area contributed by atoms with Crippen molar-refractivity contribution in [2.45, 2.75) is 36.7 Å². The second-order valence-corrected chi connectivity index (χ2v) is 9.10. The van der Waals surface area contributed by atoms with Crippen LogP contribution in [0.3, 0.4) is 0 Å². The number of ether oxygens (including phenoxy) is 3. The van der Waals surface area contributed by atoms with Gasteiger partial charge in [-0.15, -0.1) is 0 Å². The van der Waals surface area contributed by atoms with Crippen molar-refractivity contribution < 1.29 is 24.1 Å². The van der Waals surface area contributed by atoms with Crippen LogP contribution in [0.2, 0.25) is 0 Å². The van der Waals surface area contributed by atoms with Crippen molar-refractivity contribution in [3.8, 4) is 0 Å². The molecule has 8 nitrogen and oxygen atoms in total. The third kappa shape index (κ3) is 6.73. The van der Waals surface area contributed by atoms with Crippen molar-refractivity contribution in [1.29, 1.82) is 0 Å². The minimum atomic E-state index is -0.569. The molecule has 1 aliphatic heterocycles. The van der Waals surface area contributed by atoms with Crippen molar-refractivity contribution >= 4 is 23.5 Å². The third-order valence-electron chi connectivity index (χ3n) is 5.55. The van der Waals surface area contributed by atoms with Crippen LogP contribution in [-0.2, 0) is 27.9 Å². The number of benzene rings is 2. The summed E-state index contributed by atoms with van der Waals surface area (Å²) in [5.41, 5.74) is 3.34. The maximum absolute atomic E-state index is 11.8. The van der Waals surface area contributed by atoms with E-state index in [2.05, 4.69) is 16.9 Å². The first kappa shape index (κ1) is 25.0. The van der Waals surface area contributed by atoms with E-state index < -0.39 is 12.4 Å². The summed E-state index contributed by atoms with van der Waals surface area (Å²) in [4.78, 5) is 16.2. The molecule has 1 amide bonds. The fourth-order valence-corrected chi connectivity index (χ4v) is 4.64. The van der Waals surface area contributed by atoms with Crippen LogP contribution < -0.4 is 5.32 Å². The molecule has 0 aliphatic carbocycles. The lowest BCUT2D eigenvalue weighted by atomic mass is 10.0. The molecule has 1 aliphatic rings. The van der Waals surface area contributed by atoms with Gasteiger partial charge in [0.2, 0.25) is 0 Å². The van der Waals surface area contributed by atoms with Gasteiger partial charge < -0.3 is 23.9 Å². The first-order valence-electron chi connectivity index (χ1n) is 11.3. The van der Waals surface area contributed by atoms with Crippen LogP contribution in [0.4, 0.5) is 10.5 Å². The van der Waals surface area contributed by atoms with Crippen LogP contribution in [0.25, 0.3) is 0 Å². The largest absolute Gasteiger partial charge is 0.445 e. The quantitative estimate of drug-likeness (QED) is 0.319. The normalized spacial score (nSPS) is 19.8. The van der Waals surface area contributed by atoms with Gasteiger partial charge >= 0.3 is 6.09 Å². The summed E-state index contributed by atoms with van der Waals surface area (Å²) in [6.45, 7) is 3.67. The number of nitrogens with one attached hydrogen (secondary N) is 1. The number of rotatable bonds is 9. The molecule has 184 valence electrons. The molecule has 1 fully saturated rings. The lowest BCUT2D eigenvalue weighted by molar-refractivity contribution is -0.245. The second-order valence-electron chi connectivity index (χ2n) is 8.12. The fraction of sp³-hybridized carbons (Fsp3) is 0.308. The van der Waals surface area contributed by atoms with Gasteiger partial charge in [-0.1, -0.05) is 60.8 Å². The highest BCUT2D eigenvalue weighted by Gasteiger charge is 2.32. The molecule has 0 saturated carbocycles. The molecular formula is C26H29N3O5S. The number of hydrogen-bond donors (Lipinski definition) is 2. The Bertz CT molecular complexity index is 1120. The number of imidazole rings is 1. The average molecular weight is 496 g/mol. The van der Waals surface area contributed by atoms with Gasteiger partial charge in [0, 0.05) is 42.9 Å². The van der Waals surface area contributed by atoms with E-state index in [1.165, 1.54) is 6.08 Å². The van der Waals surface area contributed by atoms with Gasteiger partial charge in [0.1, 0.15) is 6.61 Å². The predicted octanol–water partition coefficient (Wildman–Crippen LogP) is 4.98. The Kier molecular flexibility index (Phi) is 8.59. The molecule has 0 radical (unpaired) electrons. The molecule has 1 saturated heterocycles. The monoisotopic (exact) mass is 495 g/mol. The Balaban J connectivity index is 1.48. The average Bonchev–Trinajstić information content (AvgIpc) is 3.31. The van der Waals surface area contributed by atoms with Gasteiger partial charge in [0.25, 0.3) is 0 Å². The number of aliphatic hydroxyl groups excluding tert-OH is 1. The number of carbonyl (C=O) groups is 1. The summed E-state index contributed by atoms with van der Waals surface area (Å²) in [7, 11) is 1.97. The number of aromatic nitrogens is 2. The summed E-state index contributed by atoms with van der Waals surface area (Å²) in [6.07, 6.45) is 4.57. The highest BCUT2D eigenvalue weighted by Crippen LogP contribution is 2.39. The number of aliphatic hydroxyl groups is 1. The molecule has 2 N–H and O–H groups in total. The van der Waals surface area contributed by atoms with Gasteiger partial charge in [-0.05, 0) is 23.3 Å². The third-order valence-corrected chi connectivity index (χ3v) is 6.74. The van der Waals surface area contributed by atoms with Crippen molar-refractivity contribution in [2.75, 3.05) is 17.7 Å². The Morgan fingerprint density at radius 2 is 1.97 bits per heavy atom. The Hall–Kier alpha value is -3.11. The first-order chi connectivity index (χ1) is 17.1. The number of amides is 1. The van der Waals surface area contributed by atoms with Gasteiger partial charge in [-0.25, -0.2) is 9.78 Å². The zero-order chi connectivity index (χ0) is 24.6. The molecule has 2 aromatic carbocycles. The molecule has 2 heterocycles. The molecule has 0 bridgehead atoms. The highest BCUT2D eigenvalue weighted by atomic mass is 32.2. The van der Waals surface area contributed by atoms with Crippen molar-refractivity contribution in [3.63, 3.8) is 0 Å². The molecule has 3 atom stereocenters. The van der Waals surface area contributed by atoms with Crippen LogP contribution in [-0.4, -0.2) is 39.2 Å². The number of thioether (sulfide) groups is 1. The van der Waals surface area contributed by atoms with Crippen LogP contribution in [0.15, 0.2) is 78.7 Å². The zero-order valence-electron chi connectivity index (χ0n) is 19.5. The molecule has 0 spiro atoms. The number of aryl methyl sites for hydroxylation is 1. The molecule has 1 aromatic heterocycles. The Morgan fingerprint density at radius 1 is 1.23 bits per heavy atom. The Morgan fingerprint density at radius 3 is 2.63 bits per heavy atom. The van der Waals surface area contributed by atoms with Gasteiger partial charge in [0.15, 0.2) is 11.4 Å². The molecule has 9 heteroatoms. The highest BCUT2D eigenvalue weighted by molar-refractivity contribution is 7.99. The van der Waals surface area contributed by atoms with Gasteiger partial charge in [-0.3, -0.25) is 5.32 Å². The summed E-state index contributed by atoms with van der Waals surface area (Å²) in [5.74, 6) is 0.727. The number of nitrogens with zero attached hydrogens (tertiary/aromatic N) is 2. The van der Waals surface area contributed by atoms with E-state index in [4.69, 9.17) is 14.2 Å². The van der Waals surface area contributed by atoms with Crippen LogP contribution in [0.5, 0.6) is 0 Å². The topological polar surface area (TPSA) is 94.8 Å². The summed E-state index contributed by atoms with van der Waals surface area (Å²) in [6, 6.07) is 15.1. The SMILES string of the molecule is C=CCOC(=O)Nc1ccc(C2OC(CSc3nccn3C)CC(c3ccc(CO)cc3)O2)cc1. The second kappa shape index (κ2) is 12.0. The summed E-state index contributed by atoms with van der Waals surface area (Å²) < 4.78 is 19.6. The van der Waals surface area contributed by atoms with Crippen molar-refractivity contribution in [2.24, 2.45) is 7.05 Å². The number of hydrogen-bond acceptors (Lipinski definition) is 7. The lowest BCUT2D eigenvalue weighted by Crippen LogP contribution is -2.31. The molecule has 4 rings (SSSR count). The smallest absolute Gasteiger partial charge is 0.411 e. The van der Waals surface area contributed by atoms with E-state index in [1.54, 1.807) is 30.1 Å². The molecular weight excluding hydrogens is 466 g/mol. The summed E-state index contributed by atoms with van der Waals surface area (Å²) in [5, 5.41) is 13.0. The summed E-state index contributed by atoms with van der Waals surface area (Å²) >= 11 is 1.65. The Labute approximate surface area is 208 Å². The standard InChI is InChI=1S/C26H29N3O5S/c1-3-14-32-26(31)28-21-10-8-20(9-11-21)24-33-22(17-35-25-27-12-13-29(25)2)15-23(34-24)19-6-4-18(16-30)5-7-19/h3-13,22-24,30H,1,14-17H2,2H3,(H,28,31). The number of carbonyl (C=O) groups excluding carboxylic acids is 1. The van der Waals surface area contributed by atoms with Gasteiger partial charge in [0.05, 0.1) is 18.8 Å². The molecule has 3 unspecified atom stereocenters. The van der Waals surface area contributed by atoms with E-state index in [-0.39, 0.29) is 25.4 Å². The fourth-order valence-electron chi connectivity index (χ4n) is 3.69. The first-order valence-corrected chi connectivity index (χ1v) is 12.3. The van der Waals surface area contributed by atoms with E-state index in [0.717, 1.165) is 27.6 Å². The van der Waals surface area contributed by atoms with Crippen molar-refractivity contribution in [3.05, 3.63) is 90.3 Å². The van der Waals surface area contributed by atoms with E-state index in [1.807, 2.05) is 54.2 Å². The van der Waals surface area contributed by atoms with Gasteiger partial charge in [-0.2, -0.15) is 0 Å². The number of anilines is 1. The maximum atomic E-state index is 11.8. The van der Waals surface area contributed by atoms with E-state index in [9.17, 15) is 9.90 Å². The van der Waals surface area contributed by atoms with Crippen molar-refractivity contribution in [1.82, 2.24) is 9.55 Å². The lowest BCUT2D eigenvalue weighted by Gasteiger charge is -2.36. The minimum absolute atomic E-state index is 0.00197. The van der Waals surface area contributed by atoms with Crippen LogP contribution in [0, 0.1) is 0 Å². The zero-order valence-corrected chi connectivity index (χ0v) is 20.3. The van der Waals surface area contributed by atoms with Crippen LogP contribution in [0.1, 0.15) is 35.5 Å². The van der Waals surface area contributed by atoms with Crippen LogP contribution >= 0.6 is 11.8 Å².